The maximum atomic E-state index is 11.0. The van der Waals surface area contributed by atoms with Crippen LogP contribution < -0.4 is 10.5 Å². The van der Waals surface area contributed by atoms with Gasteiger partial charge in [-0.1, -0.05) is 12.2 Å². The van der Waals surface area contributed by atoms with E-state index >= 15 is 0 Å². The van der Waals surface area contributed by atoms with E-state index in [4.69, 9.17) is 10.5 Å². The Bertz CT molecular complexity index is 524. The van der Waals surface area contributed by atoms with Crippen molar-refractivity contribution in [2.45, 2.75) is 25.3 Å². The van der Waals surface area contributed by atoms with Gasteiger partial charge in [-0.25, -0.2) is 0 Å². The number of allylic oxidation sites excluding steroid dienone is 1. The number of hydrogen-bond donors (Lipinski definition) is 1. The molecule has 3 rings (SSSR count). The molecule has 0 unspecified atom stereocenters. The minimum atomic E-state index is -0.408. The molecule has 0 saturated carbocycles. The predicted molar refractivity (Wildman–Crippen MR) is 82.3 cm³/mol. The second-order valence-electron chi connectivity index (χ2n) is 5.83. The van der Waals surface area contributed by atoms with Crippen molar-refractivity contribution in [1.82, 2.24) is 4.90 Å². The molecule has 112 valence electrons. The molecule has 0 radical (unpaired) electrons. The van der Waals surface area contributed by atoms with E-state index in [1.165, 1.54) is 19.4 Å². The quantitative estimate of drug-likeness (QED) is 0.644. The van der Waals surface area contributed by atoms with Gasteiger partial charge in [0.2, 0.25) is 5.91 Å². The second-order valence-corrected chi connectivity index (χ2v) is 5.83. The Labute approximate surface area is 125 Å². The minimum Gasteiger partial charge on any atom is -0.494 e. The molecule has 1 fully saturated rings. The van der Waals surface area contributed by atoms with E-state index in [1.807, 2.05) is 0 Å². The van der Waals surface area contributed by atoms with Crippen LogP contribution in [-0.2, 0) is 0 Å². The molecule has 0 spiro atoms. The molecular formula is C17H22N2O2. The monoisotopic (exact) mass is 286 g/mol. The topological polar surface area (TPSA) is 55.6 Å². The van der Waals surface area contributed by atoms with E-state index in [1.54, 1.807) is 24.3 Å². The van der Waals surface area contributed by atoms with Crippen LogP contribution in [0.25, 0.3) is 0 Å². The number of ether oxygens (including phenoxy) is 1. The van der Waals surface area contributed by atoms with Gasteiger partial charge in [-0.2, -0.15) is 0 Å². The molecule has 0 bridgehead atoms. The van der Waals surface area contributed by atoms with Crippen molar-refractivity contribution in [1.29, 1.82) is 0 Å². The lowest BCUT2D eigenvalue weighted by atomic mass is 10.0. The van der Waals surface area contributed by atoms with Crippen molar-refractivity contribution in [3.05, 3.63) is 42.0 Å². The average molecular weight is 286 g/mol. The third-order valence-corrected chi connectivity index (χ3v) is 4.46. The Balaban J connectivity index is 1.40. The predicted octanol–water partition coefficient (Wildman–Crippen LogP) is 2.20. The standard InChI is InChI=1S/C17H22N2O2/c18-17(20)14-5-7-15(8-6-14)21-12-2-10-19-11-9-13-3-1-4-16(13)19/h1,4-8,13,16H,2-3,9-12H2,(H2,18,20)/t13-,16+/m0/s1. The van der Waals surface area contributed by atoms with E-state index in [9.17, 15) is 4.79 Å². The van der Waals surface area contributed by atoms with Gasteiger partial charge in [0.15, 0.2) is 0 Å². The number of likely N-dealkylation sites (tertiary alicyclic amines) is 1. The Hall–Kier alpha value is -1.81. The molecule has 2 aliphatic rings. The number of amides is 1. The SMILES string of the molecule is NC(=O)c1ccc(OCCCN2CC[C@@H]3CC=C[C@H]32)cc1. The number of carbonyl (C=O) groups is 1. The Morgan fingerprint density at radius 1 is 1.33 bits per heavy atom. The highest BCUT2D eigenvalue weighted by Crippen LogP contribution is 2.32. The van der Waals surface area contributed by atoms with Gasteiger partial charge in [0.1, 0.15) is 5.75 Å². The molecule has 21 heavy (non-hydrogen) atoms. The fourth-order valence-corrected chi connectivity index (χ4v) is 3.31. The van der Waals surface area contributed by atoms with Crippen molar-refractivity contribution in [2.24, 2.45) is 11.7 Å². The highest BCUT2D eigenvalue weighted by atomic mass is 16.5. The average Bonchev–Trinajstić information content (AvgIpc) is 3.08. The highest BCUT2D eigenvalue weighted by Gasteiger charge is 2.33. The number of nitrogens with two attached hydrogens (primary N) is 1. The smallest absolute Gasteiger partial charge is 0.248 e. The van der Waals surface area contributed by atoms with E-state index in [0.29, 0.717) is 18.2 Å². The van der Waals surface area contributed by atoms with Crippen LogP contribution in [0.1, 0.15) is 29.6 Å². The zero-order valence-electron chi connectivity index (χ0n) is 12.2. The van der Waals surface area contributed by atoms with Crippen molar-refractivity contribution in [2.75, 3.05) is 19.7 Å². The number of fused-ring (bicyclic) bond motifs is 1. The summed E-state index contributed by atoms with van der Waals surface area (Å²) in [5, 5.41) is 0. The highest BCUT2D eigenvalue weighted by molar-refractivity contribution is 5.92. The first-order valence-corrected chi connectivity index (χ1v) is 7.67. The fourth-order valence-electron chi connectivity index (χ4n) is 3.31. The molecule has 2 atom stereocenters. The van der Waals surface area contributed by atoms with Gasteiger partial charge in [-0.3, -0.25) is 9.69 Å². The van der Waals surface area contributed by atoms with Crippen LogP contribution >= 0.6 is 0 Å². The first kappa shape index (κ1) is 14.1. The third kappa shape index (κ3) is 3.27. The van der Waals surface area contributed by atoms with Gasteiger partial charge in [0.25, 0.3) is 0 Å². The fraction of sp³-hybridized carbons (Fsp3) is 0.471. The van der Waals surface area contributed by atoms with E-state index in [2.05, 4.69) is 17.1 Å². The van der Waals surface area contributed by atoms with Gasteiger partial charge in [0, 0.05) is 18.2 Å². The molecule has 1 amide bonds. The summed E-state index contributed by atoms with van der Waals surface area (Å²) in [6.45, 7) is 3.01. The number of carbonyl (C=O) groups excluding carboxylic acids is 1. The largest absolute Gasteiger partial charge is 0.494 e. The van der Waals surface area contributed by atoms with Crippen molar-refractivity contribution in [3.8, 4) is 5.75 Å². The summed E-state index contributed by atoms with van der Waals surface area (Å²) in [6.07, 6.45) is 8.28. The van der Waals surface area contributed by atoms with Crippen LogP contribution in [0.3, 0.4) is 0 Å². The zero-order chi connectivity index (χ0) is 14.7. The lowest BCUT2D eigenvalue weighted by Crippen LogP contribution is -2.31. The first-order chi connectivity index (χ1) is 10.2. The number of primary amides is 1. The summed E-state index contributed by atoms with van der Waals surface area (Å²) in [5.74, 6) is 1.24. The number of rotatable bonds is 6. The van der Waals surface area contributed by atoms with Crippen LogP contribution in [0.2, 0.25) is 0 Å². The van der Waals surface area contributed by atoms with Crippen molar-refractivity contribution in [3.63, 3.8) is 0 Å². The molecule has 0 aromatic heterocycles. The molecule has 1 aliphatic heterocycles. The molecule has 1 aliphatic carbocycles. The molecule has 1 aromatic rings. The van der Waals surface area contributed by atoms with Crippen molar-refractivity contribution >= 4 is 5.91 Å². The normalized spacial score (nSPS) is 24.2. The molecular weight excluding hydrogens is 264 g/mol. The van der Waals surface area contributed by atoms with Gasteiger partial charge < -0.3 is 10.5 Å². The minimum absolute atomic E-state index is 0.408. The van der Waals surface area contributed by atoms with Crippen LogP contribution in [0.4, 0.5) is 0 Å². The number of benzene rings is 1. The van der Waals surface area contributed by atoms with Crippen LogP contribution in [0.15, 0.2) is 36.4 Å². The maximum Gasteiger partial charge on any atom is 0.248 e. The van der Waals surface area contributed by atoms with Crippen LogP contribution in [0.5, 0.6) is 5.75 Å². The molecule has 1 aromatic carbocycles. The molecule has 1 saturated heterocycles. The summed E-state index contributed by atoms with van der Waals surface area (Å²) in [7, 11) is 0. The van der Waals surface area contributed by atoms with Gasteiger partial charge >= 0.3 is 0 Å². The van der Waals surface area contributed by atoms with E-state index < -0.39 is 5.91 Å². The summed E-state index contributed by atoms with van der Waals surface area (Å²) in [4.78, 5) is 13.5. The summed E-state index contributed by atoms with van der Waals surface area (Å²) >= 11 is 0. The van der Waals surface area contributed by atoms with Crippen LogP contribution in [-0.4, -0.2) is 36.5 Å². The lowest BCUT2D eigenvalue weighted by molar-refractivity contribution is 0.100. The summed E-state index contributed by atoms with van der Waals surface area (Å²) in [5.41, 5.74) is 5.72. The van der Waals surface area contributed by atoms with Gasteiger partial charge in [-0.15, -0.1) is 0 Å². The lowest BCUT2D eigenvalue weighted by Gasteiger charge is -2.22. The van der Waals surface area contributed by atoms with E-state index in [0.717, 1.165) is 24.6 Å². The first-order valence-electron chi connectivity index (χ1n) is 7.67. The maximum absolute atomic E-state index is 11.0. The zero-order valence-corrected chi connectivity index (χ0v) is 12.2. The summed E-state index contributed by atoms with van der Waals surface area (Å²) in [6, 6.07) is 7.66. The van der Waals surface area contributed by atoms with Crippen LogP contribution in [0, 0.1) is 5.92 Å². The Morgan fingerprint density at radius 3 is 2.90 bits per heavy atom. The van der Waals surface area contributed by atoms with E-state index in [-0.39, 0.29) is 0 Å². The Kier molecular flexibility index (Phi) is 4.25. The third-order valence-electron chi connectivity index (χ3n) is 4.46. The van der Waals surface area contributed by atoms with Crippen molar-refractivity contribution < 1.29 is 9.53 Å². The second kappa shape index (κ2) is 6.31. The molecule has 2 N–H and O–H groups in total. The molecule has 1 heterocycles. The molecule has 4 nitrogen and oxygen atoms in total. The molecule has 4 heteroatoms. The Morgan fingerprint density at radius 2 is 2.14 bits per heavy atom. The number of hydrogen-bond acceptors (Lipinski definition) is 3. The van der Waals surface area contributed by atoms with Gasteiger partial charge in [0.05, 0.1) is 6.61 Å². The van der Waals surface area contributed by atoms with Gasteiger partial charge in [-0.05, 0) is 56.0 Å². The summed E-state index contributed by atoms with van der Waals surface area (Å²) < 4.78 is 5.72. The number of nitrogens with zero attached hydrogens (tertiary/aromatic N) is 1.